The predicted octanol–water partition coefficient (Wildman–Crippen LogP) is 2.43. The Hall–Kier alpha value is -0.610. The van der Waals surface area contributed by atoms with Crippen LogP contribution in [0.25, 0.3) is 0 Å². The average Bonchev–Trinajstić information content (AvgIpc) is 2.35. The second-order valence-electron chi connectivity index (χ2n) is 5.34. The van der Waals surface area contributed by atoms with Crippen LogP contribution in [-0.2, 0) is 0 Å². The van der Waals surface area contributed by atoms with Crippen LogP contribution in [0.4, 0.5) is 0 Å². The maximum Gasteiger partial charge on any atom is 0.0609 e. The van der Waals surface area contributed by atoms with Crippen LogP contribution in [0.1, 0.15) is 31.9 Å². The van der Waals surface area contributed by atoms with Crippen molar-refractivity contribution in [3.8, 4) is 0 Å². The van der Waals surface area contributed by atoms with E-state index in [9.17, 15) is 5.11 Å². The summed E-state index contributed by atoms with van der Waals surface area (Å²) in [6, 6.07) is 7.63. The summed E-state index contributed by atoms with van der Waals surface area (Å²) in [7, 11) is 2.00. The number of rotatable bonds is 6. The van der Waals surface area contributed by atoms with Crippen LogP contribution in [-0.4, -0.2) is 35.7 Å². The number of hydrogen-bond acceptors (Lipinski definition) is 3. The van der Waals surface area contributed by atoms with Crippen molar-refractivity contribution in [1.29, 1.82) is 0 Å². The molecule has 0 fully saturated rings. The Kier molecular flexibility index (Phi) is 5.60. The second kappa shape index (κ2) is 6.53. The minimum Gasteiger partial charge on any atom is -0.394 e. The average molecular weight is 271 g/mol. The third kappa shape index (κ3) is 4.25. The van der Waals surface area contributed by atoms with Gasteiger partial charge >= 0.3 is 0 Å². The number of hydrogen-bond donors (Lipinski definition) is 2. The fourth-order valence-electron chi connectivity index (χ4n) is 1.66. The highest BCUT2D eigenvalue weighted by atomic mass is 35.5. The lowest BCUT2D eigenvalue weighted by Gasteiger charge is -2.34. The molecule has 18 heavy (non-hydrogen) atoms. The lowest BCUT2D eigenvalue weighted by molar-refractivity contribution is 0.0767. The quantitative estimate of drug-likeness (QED) is 0.835. The highest BCUT2D eigenvalue weighted by Gasteiger charge is 2.22. The summed E-state index contributed by atoms with van der Waals surface area (Å²) >= 11 is 5.95. The molecule has 0 heterocycles. The van der Waals surface area contributed by atoms with Crippen LogP contribution in [0.3, 0.4) is 0 Å². The number of aliphatic hydroxyl groups excluding tert-OH is 1. The van der Waals surface area contributed by atoms with Crippen molar-refractivity contribution >= 4 is 11.6 Å². The summed E-state index contributed by atoms with van der Waals surface area (Å²) in [6.45, 7) is 4.99. The SMILES string of the molecule is CN(CCC(N)c1cccc(Cl)c1)C(C)(C)CO. The highest BCUT2D eigenvalue weighted by Crippen LogP contribution is 2.20. The lowest BCUT2D eigenvalue weighted by atomic mass is 10.0. The van der Waals surface area contributed by atoms with E-state index in [-0.39, 0.29) is 18.2 Å². The van der Waals surface area contributed by atoms with Gasteiger partial charge in [-0.05, 0) is 45.0 Å². The molecule has 0 aliphatic rings. The Bertz CT molecular complexity index is 382. The van der Waals surface area contributed by atoms with E-state index in [2.05, 4.69) is 4.90 Å². The van der Waals surface area contributed by atoms with Crippen molar-refractivity contribution in [2.45, 2.75) is 31.8 Å². The van der Waals surface area contributed by atoms with E-state index in [1.54, 1.807) is 0 Å². The van der Waals surface area contributed by atoms with Gasteiger partial charge in [-0.3, -0.25) is 4.90 Å². The van der Waals surface area contributed by atoms with Gasteiger partial charge in [-0.25, -0.2) is 0 Å². The molecule has 0 aliphatic carbocycles. The van der Waals surface area contributed by atoms with E-state index in [0.29, 0.717) is 5.02 Å². The van der Waals surface area contributed by atoms with Gasteiger partial charge in [0.1, 0.15) is 0 Å². The fraction of sp³-hybridized carbons (Fsp3) is 0.571. The minimum atomic E-state index is -0.214. The normalized spacial score (nSPS) is 13.9. The summed E-state index contributed by atoms with van der Waals surface area (Å²) in [5, 5.41) is 10.0. The smallest absolute Gasteiger partial charge is 0.0609 e. The zero-order valence-corrected chi connectivity index (χ0v) is 12.1. The minimum absolute atomic E-state index is 0.0272. The first-order valence-electron chi connectivity index (χ1n) is 6.20. The zero-order valence-electron chi connectivity index (χ0n) is 11.4. The molecule has 0 radical (unpaired) electrons. The first-order chi connectivity index (χ1) is 8.36. The van der Waals surface area contributed by atoms with E-state index in [4.69, 9.17) is 17.3 Å². The van der Waals surface area contributed by atoms with E-state index < -0.39 is 0 Å². The molecule has 1 atom stereocenters. The molecule has 0 aliphatic heterocycles. The van der Waals surface area contributed by atoms with Gasteiger partial charge in [0.15, 0.2) is 0 Å². The van der Waals surface area contributed by atoms with Crippen molar-refractivity contribution < 1.29 is 5.11 Å². The Morgan fingerprint density at radius 2 is 2.11 bits per heavy atom. The van der Waals surface area contributed by atoms with Gasteiger partial charge < -0.3 is 10.8 Å². The molecule has 1 rings (SSSR count). The molecule has 0 saturated carbocycles. The maximum absolute atomic E-state index is 9.29. The van der Waals surface area contributed by atoms with Crippen LogP contribution in [0.15, 0.2) is 24.3 Å². The third-order valence-corrected chi connectivity index (χ3v) is 3.71. The van der Waals surface area contributed by atoms with E-state index in [1.165, 1.54) is 0 Å². The summed E-state index contributed by atoms with van der Waals surface area (Å²) < 4.78 is 0. The van der Waals surface area contributed by atoms with Gasteiger partial charge in [-0.2, -0.15) is 0 Å². The molecule has 0 spiro atoms. The van der Waals surface area contributed by atoms with Crippen molar-refractivity contribution in [2.75, 3.05) is 20.2 Å². The molecule has 1 aromatic carbocycles. The van der Waals surface area contributed by atoms with E-state index in [0.717, 1.165) is 18.5 Å². The molecule has 1 aromatic rings. The number of halogens is 1. The van der Waals surface area contributed by atoms with Gasteiger partial charge in [-0.15, -0.1) is 0 Å². The molecule has 4 heteroatoms. The first kappa shape index (κ1) is 15.4. The van der Waals surface area contributed by atoms with Crippen LogP contribution in [0, 0.1) is 0 Å². The summed E-state index contributed by atoms with van der Waals surface area (Å²) in [4.78, 5) is 2.12. The molecule has 3 N–H and O–H groups in total. The topological polar surface area (TPSA) is 49.5 Å². The number of aliphatic hydroxyl groups is 1. The molecule has 3 nitrogen and oxygen atoms in total. The molecule has 102 valence electrons. The Morgan fingerprint density at radius 3 is 2.67 bits per heavy atom. The van der Waals surface area contributed by atoms with Gasteiger partial charge in [0.25, 0.3) is 0 Å². The van der Waals surface area contributed by atoms with Gasteiger partial charge in [-0.1, -0.05) is 23.7 Å². The Labute approximate surface area is 115 Å². The van der Waals surface area contributed by atoms with Gasteiger partial charge in [0.2, 0.25) is 0 Å². The fourth-order valence-corrected chi connectivity index (χ4v) is 1.86. The number of benzene rings is 1. The largest absolute Gasteiger partial charge is 0.394 e. The molecule has 0 amide bonds. The lowest BCUT2D eigenvalue weighted by Crippen LogP contribution is -2.45. The standard InChI is InChI=1S/C14H23ClN2O/c1-14(2,10-18)17(3)8-7-13(16)11-5-4-6-12(15)9-11/h4-6,9,13,18H,7-8,10,16H2,1-3H3. The first-order valence-corrected chi connectivity index (χ1v) is 6.58. The Balaban J connectivity index is 2.54. The maximum atomic E-state index is 9.29. The summed E-state index contributed by atoms with van der Waals surface area (Å²) in [5.74, 6) is 0. The van der Waals surface area contributed by atoms with Crippen LogP contribution < -0.4 is 5.73 Å². The monoisotopic (exact) mass is 270 g/mol. The van der Waals surface area contributed by atoms with Crippen molar-refractivity contribution in [3.05, 3.63) is 34.9 Å². The molecular weight excluding hydrogens is 248 g/mol. The summed E-state index contributed by atoms with van der Waals surface area (Å²) in [5.41, 5.74) is 6.99. The third-order valence-electron chi connectivity index (χ3n) is 3.47. The molecule has 0 aromatic heterocycles. The molecular formula is C14H23ClN2O. The van der Waals surface area contributed by atoms with E-state index in [1.807, 2.05) is 45.2 Å². The van der Waals surface area contributed by atoms with Crippen LogP contribution in [0.5, 0.6) is 0 Å². The van der Waals surface area contributed by atoms with Crippen LogP contribution in [0.2, 0.25) is 5.02 Å². The molecule has 0 saturated heterocycles. The Morgan fingerprint density at radius 1 is 1.44 bits per heavy atom. The number of likely N-dealkylation sites (N-methyl/N-ethyl adjacent to an activating group) is 1. The van der Waals surface area contributed by atoms with Crippen LogP contribution >= 0.6 is 11.6 Å². The second-order valence-corrected chi connectivity index (χ2v) is 5.78. The molecule has 1 unspecified atom stereocenters. The van der Waals surface area contributed by atoms with Gasteiger partial charge in [0.05, 0.1) is 6.61 Å². The van der Waals surface area contributed by atoms with E-state index >= 15 is 0 Å². The van der Waals surface area contributed by atoms with Gasteiger partial charge in [0, 0.05) is 23.1 Å². The summed E-state index contributed by atoms with van der Waals surface area (Å²) in [6.07, 6.45) is 0.834. The number of nitrogens with two attached hydrogens (primary N) is 1. The van der Waals surface area contributed by atoms with Crippen molar-refractivity contribution in [3.63, 3.8) is 0 Å². The predicted molar refractivity (Wildman–Crippen MR) is 76.8 cm³/mol. The molecule has 0 bridgehead atoms. The highest BCUT2D eigenvalue weighted by molar-refractivity contribution is 6.30. The zero-order chi connectivity index (χ0) is 13.8. The number of nitrogens with zero attached hydrogens (tertiary/aromatic N) is 1. The van der Waals surface area contributed by atoms with Crippen molar-refractivity contribution in [2.24, 2.45) is 5.73 Å². The van der Waals surface area contributed by atoms with Crippen molar-refractivity contribution in [1.82, 2.24) is 4.90 Å².